The molecule has 6 rings (SSSR count). The number of carbonyl (C=O) groups excluding carboxylic acids is 1. The lowest BCUT2D eigenvalue weighted by molar-refractivity contribution is -0.315. The molecule has 15 atom stereocenters. The number of aliphatic hydroxyl groups is 10. The van der Waals surface area contributed by atoms with Crippen LogP contribution in [0.15, 0.2) is 23.0 Å². The number of hydrogen-bond donors (Lipinski definition) is 10. The fourth-order valence-corrected chi connectivity index (χ4v) is 12.9. The largest absolute Gasteiger partial charge is 0.506 e. The molecule has 0 radical (unpaired) electrons. The summed E-state index contributed by atoms with van der Waals surface area (Å²) in [7, 11) is 0. The molecule has 10 N–H and O–H groups in total. The minimum Gasteiger partial charge on any atom is -0.506 e. The fraction of sp³-hybridized carbons (Fsp3) is 0.878. The first kappa shape index (κ1) is 43.5. The maximum atomic E-state index is 13.7. The third-order valence-electron chi connectivity index (χ3n) is 15.5. The van der Waals surface area contributed by atoms with Crippen molar-refractivity contribution in [2.75, 3.05) is 13.2 Å². The molecule has 1 saturated heterocycles. The van der Waals surface area contributed by atoms with E-state index in [0.717, 1.165) is 0 Å². The average molecular weight is 799 g/mol. The summed E-state index contributed by atoms with van der Waals surface area (Å²) in [5.74, 6) is -5.49. The molecule has 4 saturated carbocycles. The molecule has 6 aliphatic rings. The van der Waals surface area contributed by atoms with E-state index in [1.54, 1.807) is 13.8 Å². The predicted octanol–water partition coefficient (Wildman–Crippen LogP) is 2.92. The SMILES string of the molecule is CC1(C)C(=O)CC[C@@]2(C)C1[C@@H]1C[C@]3(C)C2C[C@@H](O)C2C([C@]4(C)CC[C@H](C(C)(C)O)O4)CC[C@]23OCC[C@H](O)/C(O)=C(\O[C@@H](O)/C(O)=C(/O)[C@@H](O)CCO)[C@H](O)O1. The Balaban J connectivity index is 1.46. The van der Waals surface area contributed by atoms with Crippen LogP contribution >= 0.6 is 0 Å². The van der Waals surface area contributed by atoms with Gasteiger partial charge in [-0.3, -0.25) is 4.79 Å². The Labute approximate surface area is 328 Å². The maximum Gasteiger partial charge on any atom is 0.259 e. The number of rotatable bonds is 8. The molecule has 56 heavy (non-hydrogen) atoms. The normalized spacial score (nSPS) is 47.1. The van der Waals surface area contributed by atoms with Crippen LogP contribution in [0.3, 0.4) is 0 Å². The lowest BCUT2D eigenvalue weighted by Gasteiger charge is -2.71. The van der Waals surface area contributed by atoms with Gasteiger partial charge < -0.3 is 70.0 Å². The van der Waals surface area contributed by atoms with E-state index in [1.165, 1.54) is 0 Å². The maximum absolute atomic E-state index is 13.7. The Hall–Kier alpha value is -2.05. The van der Waals surface area contributed by atoms with E-state index in [1.807, 2.05) is 13.8 Å². The van der Waals surface area contributed by atoms with Gasteiger partial charge in [-0.1, -0.05) is 27.7 Å². The van der Waals surface area contributed by atoms with E-state index >= 15 is 0 Å². The number of aliphatic hydroxyl groups excluding tert-OH is 9. The van der Waals surface area contributed by atoms with E-state index < -0.39 is 118 Å². The molecular weight excluding hydrogens is 732 g/mol. The Kier molecular flexibility index (Phi) is 11.6. The summed E-state index contributed by atoms with van der Waals surface area (Å²) in [6, 6.07) is 0. The van der Waals surface area contributed by atoms with Gasteiger partial charge in [-0.25, -0.2) is 0 Å². The highest BCUT2D eigenvalue weighted by atomic mass is 16.7. The van der Waals surface area contributed by atoms with Crippen molar-refractivity contribution in [2.24, 2.45) is 39.9 Å². The minimum absolute atomic E-state index is 0.00857. The third kappa shape index (κ3) is 6.79. The number of Topliss-reactive ketones (excluding diaryl/α,β-unsaturated/α-hetero) is 1. The molecule has 0 aromatic rings. The molecule has 1 spiro atoms. The zero-order valence-corrected chi connectivity index (χ0v) is 33.8. The summed E-state index contributed by atoms with van der Waals surface area (Å²) in [5, 5.41) is 109. The lowest BCUT2D eigenvalue weighted by atomic mass is 9.36. The van der Waals surface area contributed by atoms with Crippen molar-refractivity contribution in [2.45, 2.75) is 173 Å². The van der Waals surface area contributed by atoms with Crippen LogP contribution in [0, 0.1) is 39.9 Å². The van der Waals surface area contributed by atoms with Crippen molar-refractivity contribution in [3.63, 3.8) is 0 Å². The van der Waals surface area contributed by atoms with Gasteiger partial charge in [0.05, 0.1) is 41.7 Å². The van der Waals surface area contributed by atoms with E-state index in [9.17, 15) is 50.8 Å². The average Bonchev–Trinajstić information content (AvgIpc) is 3.72. The molecule has 15 heteroatoms. The number of hydrogen-bond acceptors (Lipinski definition) is 15. The van der Waals surface area contributed by atoms with Gasteiger partial charge in [-0.2, -0.15) is 0 Å². The first-order valence-corrected chi connectivity index (χ1v) is 20.4. The predicted molar refractivity (Wildman–Crippen MR) is 198 cm³/mol. The number of fused-ring (bicyclic) bond motifs is 4. The molecule has 2 bridgehead atoms. The summed E-state index contributed by atoms with van der Waals surface area (Å²) < 4.78 is 25.7. The molecule has 0 aromatic carbocycles. The van der Waals surface area contributed by atoms with Crippen molar-refractivity contribution >= 4 is 5.78 Å². The van der Waals surface area contributed by atoms with Gasteiger partial charge in [0.2, 0.25) is 12.0 Å². The fourth-order valence-electron chi connectivity index (χ4n) is 12.9. The quantitative estimate of drug-likeness (QED) is 0.125. The zero-order valence-electron chi connectivity index (χ0n) is 33.8. The van der Waals surface area contributed by atoms with Gasteiger partial charge in [0.15, 0.2) is 17.3 Å². The monoisotopic (exact) mass is 798 g/mol. The number of carbonyl (C=O) groups is 1. The Morgan fingerprint density at radius 1 is 0.982 bits per heavy atom. The van der Waals surface area contributed by atoms with Crippen LogP contribution < -0.4 is 0 Å². The highest BCUT2D eigenvalue weighted by Crippen LogP contribution is 2.74. The number of ketones is 1. The van der Waals surface area contributed by atoms with Crippen LogP contribution in [-0.2, 0) is 23.7 Å². The van der Waals surface area contributed by atoms with Crippen molar-refractivity contribution in [1.82, 2.24) is 0 Å². The van der Waals surface area contributed by atoms with E-state index in [2.05, 4.69) is 20.8 Å². The summed E-state index contributed by atoms with van der Waals surface area (Å²) in [5.41, 5.74) is -5.09. The number of ether oxygens (including phenoxy) is 4. The summed E-state index contributed by atoms with van der Waals surface area (Å²) >= 11 is 0. The second-order valence-electron chi connectivity index (χ2n) is 19.5. The molecule has 15 nitrogen and oxygen atoms in total. The van der Waals surface area contributed by atoms with Gasteiger partial charge in [0.25, 0.3) is 6.29 Å². The van der Waals surface area contributed by atoms with Gasteiger partial charge in [0, 0.05) is 48.5 Å². The highest BCUT2D eigenvalue weighted by molar-refractivity contribution is 5.85. The highest BCUT2D eigenvalue weighted by Gasteiger charge is 2.76. The lowest BCUT2D eigenvalue weighted by Crippen LogP contribution is -2.73. The Morgan fingerprint density at radius 3 is 2.29 bits per heavy atom. The molecule has 0 aromatic heterocycles. The Morgan fingerprint density at radius 2 is 1.66 bits per heavy atom. The van der Waals surface area contributed by atoms with Crippen LogP contribution in [0.4, 0.5) is 0 Å². The van der Waals surface area contributed by atoms with Gasteiger partial charge >= 0.3 is 0 Å². The van der Waals surface area contributed by atoms with Crippen molar-refractivity contribution in [1.29, 1.82) is 0 Å². The van der Waals surface area contributed by atoms with Gasteiger partial charge in [-0.05, 0) is 83.0 Å². The molecule has 4 unspecified atom stereocenters. The molecule has 2 heterocycles. The molecule has 320 valence electrons. The second-order valence-corrected chi connectivity index (χ2v) is 19.5. The summed E-state index contributed by atoms with van der Waals surface area (Å²) in [6.07, 6.45) is -6.91. The molecule has 4 aliphatic carbocycles. The van der Waals surface area contributed by atoms with Crippen molar-refractivity contribution in [3.8, 4) is 0 Å². The van der Waals surface area contributed by atoms with Crippen LogP contribution in [0.25, 0.3) is 0 Å². The van der Waals surface area contributed by atoms with Gasteiger partial charge in [0.1, 0.15) is 18.0 Å². The first-order valence-electron chi connectivity index (χ1n) is 20.4. The van der Waals surface area contributed by atoms with Crippen LogP contribution in [0.5, 0.6) is 0 Å². The van der Waals surface area contributed by atoms with E-state index in [4.69, 9.17) is 24.1 Å². The minimum atomic E-state index is -2.46. The zero-order chi connectivity index (χ0) is 41.6. The molecule has 5 fully saturated rings. The summed E-state index contributed by atoms with van der Waals surface area (Å²) in [4.78, 5) is 13.7. The smallest absolute Gasteiger partial charge is 0.259 e. The summed E-state index contributed by atoms with van der Waals surface area (Å²) in [6.45, 7) is 12.8. The van der Waals surface area contributed by atoms with Crippen molar-refractivity contribution in [3.05, 3.63) is 23.0 Å². The van der Waals surface area contributed by atoms with Crippen molar-refractivity contribution < 1.29 is 74.8 Å². The Bertz CT molecular complexity index is 1550. The second kappa shape index (κ2) is 14.9. The molecular formula is C41H66O15. The van der Waals surface area contributed by atoms with Crippen LogP contribution in [0.1, 0.15) is 113 Å². The standard InChI is InChI=1S/C41H66O15/c1-36(2)26(46)9-13-38(5)25-18-23(45)28-20(40(7)14-10-27(56-40)37(3,4)52)8-15-41(28)39(25,6)19-24(33(36)38)54-35(51)32(30(48)22(44)12-17-53-41)55-34(50)31(49)29(47)21(43)11-16-42/h20-25,27-28,33-35,42-45,47-52H,8-19H2,1-7H3/b31-29-,32-30+/t20?,21-,22-,23+,24-,25?,27+,28?,33?,34+,35+,38+,39+,40-,41-/m0/s1. The van der Waals surface area contributed by atoms with Crippen LogP contribution in [0.2, 0.25) is 0 Å². The molecule has 2 aliphatic heterocycles. The third-order valence-corrected chi connectivity index (χ3v) is 15.5. The first-order chi connectivity index (χ1) is 25.9. The van der Waals surface area contributed by atoms with E-state index in [-0.39, 0.29) is 43.5 Å². The van der Waals surface area contributed by atoms with Gasteiger partial charge in [-0.15, -0.1) is 0 Å². The van der Waals surface area contributed by atoms with E-state index in [0.29, 0.717) is 44.9 Å². The topological polar surface area (TPSA) is 256 Å². The van der Waals surface area contributed by atoms with Crippen LogP contribution in [-0.4, -0.2) is 130 Å². The molecule has 0 amide bonds.